The molecule has 6 heteroatoms. The number of aliphatic hydroxyl groups is 1. The van der Waals surface area contributed by atoms with Gasteiger partial charge < -0.3 is 20.3 Å². The SMILES string of the molecule is CC(=O)O[C@@H]1C[C@H](c2ccncc2N)O[C@@H]2CCCC[C@@]12O. The molecule has 0 bridgehead atoms. The van der Waals surface area contributed by atoms with Gasteiger partial charge in [-0.05, 0) is 18.9 Å². The molecule has 3 rings (SSSR count). The van der Waals surface area contributed by atoms with Crippen LogP contribution in [0.1, 0.15) is 50.7 Å². The molecular formula is C16H22N2O4. The highest BCUT2D eigenvalue weighted by Crippen LogP contribution is 2.46. The van der Waals surface area contributed by atoms with Crippen molar-refractivity contribution < 1.29 is 19.4 Å². The summed E-state index contributed by atoms with van der Waals surface area (Å²) in [5, 5.41) is 11.0. The molecule has 0 spiro atoms. The summed E-state index contributed by atoms with van der Waals surface area (Å²) >= 11 is 0. The van der Waals surface area contributed by atoms with Gasteiger partial charge in [-0.1, -0.05) is 12.8 Å². The van der Waals surface area contributed by atoms with Crippen LogP contribution in [0.25, 0.3) is 0 Å². The van der Waals surface area contributed by atoms with E-state index in [1.54, 1.807) is 12.4 Å². The quantitative estimate of drug-likeness (QED) is 0.808. The number of esters is 1. The topological polar surface area (TPSA) is 94.7 Å². The maximum Gasteiger partial charge on any atom is 0.303 e. The Kier molecular flexibility index (Phi) is 4.06. The molecule has 1 aliphatic carbocycles. The summed E-state index contributed by atoms with van der Waals surface area (Å²) in [5.41, 5.74) is 6.28. The molecule has 1 aromatic rings. The lowest BCUT2D eigenvalue weighted by Crippen LogP contribution is -2.60. The third-order valence-electron chi connectivity index (χ3n) is 4.71. The van der Waals surface area contributed by atoms with E-state index < -0.39 is 11.7 Å². The van der Waals surface area contributed by atoms with Crippen molar-refractivity contribution in [3.05, 3.63) is 24.0 Å². The van der Waals surface area contributed by atoms with Crippen LogP contribution >= 0.6 is 0 Å². The molecule has 120 valence electrons. The number of anilines is 1. The van der Waals surface area contributed by atoms with E-state index >= 15 is 0 Å². The maximum atomic E-state index is 11.4. The summed E-state index contributed by atoms with van der Waals surface area (Å²) in [7, 11) is 0. The number of hydrogen-bond donors (Lipinski definition) is 2. The van der Waals surface area contributed by atoms with Gasteiger partial charge in [-0.2, -0.15) is 0 Å². The third kappa shape index (κ3) is 2.68. The van der Waals surface area contributed by atoms with Gasteiger partial charge >= 0.3 is 5.97 Å². The average Bonchev–Trinajstić information content (AvgIpc) is 2.48. The van der Waals surface area contributed by atoms with Gasteiger partial charge in [0.2, 0.25) is 0 Å². The molecule has 4 atom stereocenters. The summed E-state index contributed by atoms with van der Waals surface area (Å²) in [5.74, 6) is -0.383. The minimum atomic E-state index is -1.10. The standard InChI is InChI=1S/C16H22N2O4/c1-10(19)21-15-8-13(11-5-7-18-9-12(11)17)22-14-4-2-3-6-16(14,15)20/h5,7,9,13-15,20H,2-4,6,8,17H2,1H3/t13-,14-,15-,16+/m1/s1. The normalized spacial score (nSPS) is 34.7. The number of hydrogen-bond acceptors (Lipinski definition) is 6. The number of pyridine rings is 1. The number of carbonyl (C=O) groups is 1. The molecule has 22 heavy (non-hydrogen) atoms. The van der Waals surface area contributed by atoms with Crippen molar-refractivity contribution in [1.82, 2.24) is 4.98 Å². The van der Waals surface area contributed by atoms with Crippen LogP contribution < -0.4 is 5.73 Å². The first kappa shape index (κ1) is 15.2. The smallest absolute Gasteiger partial charge is 0.303 e. The molecular weight excluding hydrogens is 284 g/mol. The van der Waals surface area contributed by atoms with Crippen LogP contribution in [-0.4, -0.2) is 33.9 Å². The van der Waals surface area contributed by atoms with E-state index in [9.17, 15) is 9.90 Å². The summed E-state index contributed by atoms with van der Waals surface area (Å²) in [4.78, 5) is 15.4. The molecule has 2 fully saturated rings. The highest BCUT2D eigenvalue weighted by Gasteiger charge is 2.53. The lowest BCUT2D eigenvalue weighted by atomic mass is 9.74. The predicted molar refractivity (Wildman–Crippen MR) is 79.9 cm³/mol. The maximum absolute atomic E-state index is 11.4. The first-order valence-corrected chi connectivity index (χ1v) is 7.75. The Balaban J connectivity index is 1.90. The first-order chi connectivity index (χ1) is 10.5. The molecule has 6 nitrogen and oxygen atoms in total. The number of aromatic nitrogens is 1. The second kappa shape index (κ2) is 5.85. The van der Waals surface area contributed by atoms with E-state index in [1.165, 1.54) is 6.92 Å². The van der Waals surface area contributed by atoms with Gasteiger partial charge in [0.05, 0.1) is 24.1 Å². The van der Waals surface area contributed by atoms with Gasteiger partial charge in [0.25, 0.3) is 0 Å². The van der Waals surface area contributed by atoms with Crippen LogP contribution in [0.3, 0.4) is 0 Å². The number of carbonyl (C=O) groups excluding carboxylic acids is 1. The van der Waals surface area contributed by atoms with Crippen molar-refractivity contribution in [2.75, 3.05) is 5.73 Å². The fourth-order valence-electron chi connectivity index (χ4n) is 3.62. The highest BCUT2D eigenvalue weighted by atomic mass is 16.6. The zero-order chi connectivity index (χ0) is 15.7. The Morgan fingerprint density at radius 1 is 1.55 bits per heavy atom. The average molecular weight is 306 g/mol. The number of fused-ring (bicyclic) bond motifs is 1. The zero-order valence-corrected chi connectivity index (χ0v) is 12.7. The molecule has 0 radical (unpaired) electrons. The number of nitrogens with two attached hydrogens (primary N) is 1. The minimum Gasteiger partial charge on any atom is -0.459 e. The molecule has 1 saturated heterocycles. The number of rotatable bonds is 2. The molecule has 1 aromatic heterocycles. The fourth-order valence-corrected chi connectivity index (χ4v) is 3.62. The number of nitrogen functional groups attached to an aromatic ring is 1. The Morgan fingerprint density at radius 3 is 3.09 bits per heavy atom. The monoisotopic (exact) mass is 306 g/mol. The van der Waals surface area contributed by atoms with E-state index in [0.29, 0.717) is 18.5 Å². The van der Waals surface area contributed by atoms with E-state index in [1.807, 2.05) is 6.07 Å². The van der Waals surface area contributed by atoms with Crippen molar-refractivity contribution in [2.24, 2.45) is 0 Å². The Bertz CT molecular complexity index is 565. The Labute approximate surface area is 129 Å². The second-order valence-electron chi connectivity index (χ2n) is 6.19. The van der Waals surface area contributed by atoms with Crippen LogP contribution in [0, 0.1) is 0 Å². The first-order valence-electron chi connectivity index (χ1n) is 7.75. The zero-order valence-electron chi connectivity index (χ0n) is 12.7. The lowest BCUT2D eigenvalue weighted by Gasteiger charge is -2.50. The fraction of sp³-hybridized carbons (Fsp3) is 0.625. The molecule has 0 aromatic carbocycles. The Morgan fingerprint density at radius 2 is 2.36 bits per heavy atom. The summed E-state index contributed by atoms with van der Waals surface area (Å²) < 4.78 is 11.6. The minimum absolute atomic E-state index is 0.296. The van der Waals surface area contributed by atoms with Gasteiger partial charge in [-0.15, -0.1) is 0 Å². The number of nitrogens with zero attached hydrogens (tertiary/aromatic N) is 1. The van der Waals surface area contributed by atoms with Crippen molar-refractivity contribution >= 4 is 11.7 Å². The van der Waals surface area contributed by atoms with E-state index in [-0.39, 0.29) is 18.2 Å². The molecule has 0 unspecified atom stereocenters. The van der Waals surface area contributed by atoms with Crippen molar-refractivity contribution in [1.29, 1.82) is 0 Å². The third-order valence-corrected chi connectivity index (χ3v) is 4.71. The second-order valence-corrected chi connectivity index (χ2v) is 6.19. The van der Waals surface area contributed by atoms with Gasteiger partial charge in [0.1, 0.15) is 11.7 Å². The Hall–Kier alpha value is -1.66. The van der Waals surface area contributed by atoms with Crippen LogP contribution in [0.4, 0.5) is 5.69 Å². The molecule has 2 aliphatic rings. The van der Waals surface area contributed by atoms with Gasteiger partial charge in [-0.3, -0.25) is 9.78 Å². The van der Waals surface area contributed by atoms with Crippen LogP contribution in [0.2, 0.25) is 0 Å². The largest absolute Gasteiger partial charge is 0.459 e. The highest BCUT2D eigenvalue weighted by molar-refractivity contribution is 5.66. The molecule has 1 saturated carbocycles. The molecule has 3 N–H and O–H groups in total. The van der Waals surface area contributed by atoms with Gasteiger partial charge in [-0.25, -0.2) is 0 Å². The molecule has 2 heterocycles. The lowest BCUT2D eigenvalue weighted by molar-refractivity contribution is -0.249. The summed E-state index contributed by atoms with van der Waals surface area (Å²) in [6.07, 6.45) is 5.71. The predicted octanol–water partition coefficient (Wildman–Crippen LogP) is 1.73. The van der Waals surface area contributed by atoms with Crippen molar-refractivity contribution in [3.63, 3.8) is 0 Å². The molecule has 1 aliphatic heterocycles. The van der Waals surface area contributed by atoms with E-state index in [2.05, 4.69) is 4.98 Å². The summed E-state index contributed by atoms with van der Waals surface area (Å²) in [6, 6.07) is 1.82. The van der Waals surface area contributed by atoms with Crippen LogP contribution in [0.5, 0.6) is 0 Å². The van der Waals surface area contributed by atoms with E-state index in [0.717, 1.165) is 24.8 Å². The van der Waals surface area contributed by atoms with Crippen molar-refractivity contribution in [3.8, 4) is 0 Å². The molecule has 0 amide bonds. The van der Waals surface area contributed by atoms with Gasteiger partial charge in [0, 0.05) is 25.1 Å². The summed E-state index contributed by atoms with van der Waals surface area (Å²) in [6.45, 7) is 1.37. The van der Waals surface area contributed by atoms with Gasteiger partial charge in [0.15, 0.2) is 0 Å². The van der Waals surface area contributed by atoms with Crippen LogP contribution in [-0.2, 0) is 14.3 Å². The van der Waals surface area contributed by atoms with E-state index in [4.69, 9.17) is 15.2 Å². The van der Waals surface area contributed by atoms with Crippen molar-refractivity contribution in [2.45, 2.75) is 62.9 Å². The number of ether oxygens (including phenoxy) is 2. The van der Waals surface area contributed by atoms with Crippen LogP contribution in [0.15, 0.2) is 18.5 Å².